The number of aliphatic hydroxyl groups excluding tert-OH is 1. The zero-order valence-electron chi connectivity index (χ0n) is 16.7. The Kier molecular flexibility index (Phi) is 5.63. The molecule has 148 valence electrons. The van der Waals surface area contributed by atoms with Crippen molar-refractivity contribution < 1.29 is 14.4 Å². The van der Waals surface area contributed by atoms with Crippen LogP contribution in [-0.4, -0.2) is 60.2 Å². The SMILES string of the molecule is CC(C[N+]1(C2Cc3ccccc3CC2O)CCNCC1)C(=O)c1ccccc1. The highest BCUT2D eigenvalue weighted by atomic mass is 16.3. The van der Waals surface area contributed by atoms with Gasteiger partial charge in [0.2, 0.25) is 0 Å². The quantitative estimate of drug-likeness (QED) is 0.620. The summed E-state index contributed by atoms with van der Waals surface area (Å²) in [5, 5.41) is 14.5. The van der Waals surface area contributed by atoms with Gasteiger partial charge in [0.05, 0.1) is 25.6 Å². The molecule has 4 rings (SSSR count). The first kappa shape index (κ1) is 19.3. The van der Waals surface area contributed by atoms with Gasteiger partial charge in [-0.15, -0.1) is 0 Å². The lowest BCUT2D eigenvalue weighted by molar-refractivity contribution is -0.957. The Bertz CT molecular complexity index is 814. The van der Waals surface area contributed by atoms with Crippen molar-refractivity contribution in [1.82, 2.24) is 5.32 Å². The molecule has 0 radical (unpaired) electrons. The number of aliphatic hydroxyl groups is 1. The summed E-state index contributed by atoms with van der Waals surface area (Å²) in [7, 11) is 0. The first-order chi connectivity index (χ1) is 13.6. The summed E-state index contributed by atoms with van der Waals surface area (Å²) in [6, 6.07) is 18.3. The van der Waals surface area contributed by atoms with Crippen LogP contribution in [0.5, 0.6) is 0 Å². The maximum Gasteiger partial charge on any atom is 0.171 e. The van der Waals surface area contributed by atoms with Crippen molar-refractivity contribution >= 4 is 5.78 Å². The van der Waals surface area contributed by atoms with Crippen molar-refractivity contribution in [2.24, 2.45) is 5.92 Å². The molecule has 1 heterocycles. The number of carbonyl (C=O) groups is 1. The number of nitrogens with one attached hydrogen (secondary N) is 1. The van der Waals surface area contributed by atoms with Crippen molar-refractivity contribution in [3.05, 3.63) is 71.3 Å². The van der Waals surface area contributed by atoms with Crippen LogP contribution in [0.4, 0.5) is 0 Å². The molecule has 3 atom stereocenters. The van der Waals surface area contributed by atoms with Crippen LogP contribution < -0.4 is 5.32 Å². The van der Waals surface area contributed by atoms with Crippen molar-refractivity contribution in [2.75, 3.05) is 32.7 Å². The normalized spacial score (nSPS) is 24.9. The van der Waals surface area contributed by atoms with E-state index in [0.29, 0.717) is 0 Å². The molecule has 1 aliphatic heterocycles. The van der Waals surface area contributed by atoms with Crippen LogP contribution in [0, 0.1) is 5.92 Å². The van der Waals surface area contributed by atoms with Crippen LogP contribution in [-0.2, 0) is 12.8 Å². The number of quaternary nitrogens is 1. The Morgan fingerprint density at radius 2 is 1.64 bits per heavy atom. The molecular weight excluding hydrogens is 348 g/mol. The maximum absolute atomic E-state index is 13.0. The second-order valence-corrected chi connectivity index (χ2v) is 8.54. The molecule has 0 amide bonds. The van der Waals surface area contributed by atoms with Crippen LogP contribution in [0.15, 0.2) is 54.6 Å². The number of Topliss-reactive ketones (excluding diaryl/α,β-unsaturated/α-hetero) is 1. The van der Waals surface area contributed by atoms with E-state index >= 15 is 0 Å². The number of ketones is 1. The van der Waals surface area contributed by atoms with Gasteiger partial charge in [-0.05, 0) is 18.1 Å². The Morgan fingerprint density at radius 1 is 1.04 bits per heavy atom. The van der Waals surface area contributed by atoms with Gasteiger partial charge < -0.3 is 14.9 Å². The standard InChI is InChI=1S/C24H31N2O2/c1-18(24(28)19-7-3-2-4-8-19)17-26(13-11-25-12-14-26)22-15-20-9-5-6-10-21(20)16-23(22)27/h2-10,18,22-23,25,27H,11-17H2,1H3/q+1. The number of benzene rings is 2. The van der Waals surface area contributed by atoms with Gasteiger partial charge in [0.1, 0.15) is 12.1 Å². The van der Waals surface area contributed by atoms with E-state index in [1.807, 2.05) is 30.3 Å². The molecule has 3 unspecified atom stereocenters. The zero-order valence-corrected chi connectivity index (χ0v) is 16.7. The van der Waals surface area contributed by atoms with E-state index in [2.05, 4.69) is 36.5 Å². The lowest BCUT2D eigenvalue weighted by Crippen LogP contribution is -2.69. The molecule has 4 nitrogen and oxygen atoms in total. The van der Waals surface area contributed by atoms with Gasteiger partial charge in [0, 0.05) is 31.5 Å². The number of nitrogens with zero attached hydrogens (tertiary/aromatic N) is 1. The van der Waals surface area contributed by atoms with Crippen LogP contribution in [0.25, 0.3) is 0 Å². The van der Waals surface area contributed by atoms with Gasteiger partial charge in [-0.1, -0.05) is 54.6 Å². The highest BCUT2D eigenvalue weighted by Gasteiger charge is 2.46. The van der Waals surface area contributed by atoms with Crippen molar-refractivity contribution in [3.63, 3.8) is 0 Å². The molecule has 28 heavy (non-hydrogen) atoms. The fraction of sp³-hybridized carbons (Fsp3) is 0.458. The molecule has 0 bridgehead atoms. The number of hydrogen-bond acceptors (Lipinski definition) is 3. The molecule has 0 saturated carbocycles. The van der Waals surface area contributed by atoms with Gasteiger partial charge in [0.25, 0.3) is 0 Å². The monoisotopic (exact) mass is 379 g/mol. The molecule has 1 aliphatic carbocycles. The summed E-state index contributed by atoms with van der Waals surface area (Å²) in [6.07, 6.45) is 1.26. The Balaban J connectivity index is 1.59. The third kappa shape index (κ3) is 3.77. The molecule has 1 fully saturated rings. The molecule has 2 aromatic rings. The van der Waals surface area contributed by atoms with Crippen LogP contribution in [0.2, 0.25) is 0 Å². The first-order valence-corrected chi connectivity index (χ1v) is 10.5. The molecule has 2 N–H and O–H groups in total. The largest absolute Gasteiger partial charge is 0.387 e. The summed E-state index contributed by atoms with van der Waals surface area (Å²) in [5.41, 5.74) is 3.42. The van der Waals surface area contributed by atoms with Crippen LogP contribution >= 0.6 is 0 Å². The second kappa shape index (κ2) is 8.16. The fourth-order valence-electron chi connectivity index (χ4n) is 5.24. The van der Waals surface area contributed by atoms with E-state index in [-0.39, 0.29) is 23.8 Å². The summed E-state index contributed by atoms with van der Waals surface area (Å²) in [6.45, 7) is 6.67. The topological polar surface area (TPSA) is 49.3 Å². The van der Waals surface area contributed by atoms with Crippen molar-refractivity contribution in [1.29, 1.82) is 0 Å². The third-order valence-electron chi connectivity index (χ3n) is 6.74. The second-order valence-electron chi connectivity index (χ2n) is 8.54. The zero-order chi connectivity index (χ0) is 19.6. The summed E-state index contributed by atoms with van der Waals surface area (Å²) >= 11 is 0. The molecular formula is C24H31N2O2+. The van der Waals surface area contributed by atoms with E-state index in [4.69, 9.17) is 0 Å². The number of piperazine rings is 1. The smallest absolute Gasteiger partial charge is 0.171 e. The Hall–Kier alpha value is -2.01. The van der Waals surface area contributed by atoms with Gasteiger partial charge in [0.15, 0.2) is 5.78 Å². The number of rotatable bonds is 5. The average molecular weight is 380 g/mol. The van der Waals surface area contributed by atoms with Gasteiger partial charge in [-0.25, -0.2) is 0 Å². The van der Waals surface area contributed by atoms with Gasteiger partial charge >= 0.3 is 0 Å². The highest BCUT2D eigenvalue weighted by molar-refractivity contribution is 5.97. The minimum absolute atomic E-state index is 0.0649. The molecule has 0 aromatic heterocycles. The highest BCUT2D eigenvalue weighted by Crippen LogP contribution is 2.31. The van der Waals surface area contributed by atoms with E-state index in [0.717, 1.165) is 55.6 Å². The minimum atomic E-state index is -0.355. The number of fused-ring (bicyclic) bond motifs is 1. The minimum Gasteiger partial charge on any atom is -0.387 e. The average Bonchev–Trinajstić information content (AvgIpc) is 2.74. The molecule has 2 aliphatic rings. The summed E-state index contributed by atoms with van der Waals surface area (Å²) in [4.78, 5) is 13.0. The van der Waals surface area contributed by atoms with Gasteiger partial charge in [-0.2, -0.15) is 0 Å². The maximum atomic E-state index is 13.0. The van der Waals surface area contributed by atoms with E-state index in [1.54, 1.807) is 0 Å². The lowest BCUT2D eigenvalue weighted by Gasteiger charge is -2.51. The number of carbonyl (C=O) groups excluding carboxylic acids is 1. The van der Waals surface area contributed by atoms with Crippen LogP contribution in [0.3, 0.4) is 0 Å². The Morgan fingerprint density at radius 3 is 2.32 bits per heavy atom. The fourth-order valence-corrected chi connectivity index (χ4v) is 5.24. The lowest BCUT2D eigenvalue weighted by atomic mass is 9.83. The van der Waals surface area contributed by atoms with Crippen molar-refractivity contribution in [2.45, 2.75) is 31.9 Å². The van der Waals surface area contributed by atoms with Crippen molar-refractivity contribution in [3.8, 4) is 0 Å². The van der Waals surface area contributed by atoms with E-state index in [9.17, 15) is 9.90 Å². The first-order valence-electron chi connectivity index (χ1n) is 10.5. The molecule has 1 saturated heterocycles. The molecule has 2 aromatic carbocycles. The van der Waals surface area contributed by atoms with E-state index < -0.39 is 0 Å². The predicted molar refractivity (Wildman–Crippen MR) is 111 cm³/mol. The van der Waals surface area contributed by atoms with E-state index in [1.165, 1.54) is 11.1 Å². The summed E-state index contributed by atoms with van der Waals surface area (Å²) < 4.78 is 0.836. The molecule has 4 heteroatoms. The van der Waals surface area contributed by atoms with Crippen LogP contribution in [0.1, 0.15) is 28.4 Å². The molecule has 0 spiro atoms. The predicted octanol–water partition coefficient (Wildman–Crippen LogP) is 2.45. The Labute approximate surface area is 167 Å². The third-order valence-corrected chi connectivity index (χ3v) is 6.74. The summed E-state index contributed by atoms with van der Waals surface area (Å²) in [5.74, 6) is 0.146. The number of hydrogen-bond donors (Lipinski definition) is 2. The van der Waals surface area contributed by atoms with Gasteiger partial charge in [-0.3, -0.25) is 4.79 Å².